The Kier molecular flexibility index (Phi) is 3.72. The number of nitro benzene ring substituents is 1. The first-order chi connectivity index (χ1) is 7.74. The fourth-order valence-corrected chi connectivity index (χ4v) is 1.36. The number of aliphatic hydroxyl groups is 1. The van der Waals surface area contributed by atoms with Crippen molar-refractivity contribution in [2.24, 2.45) is 0 Å². The number of aryl methyl sites for hydroxylation is 1. The van der Waals surface area contributed by atoms with Crippen molar-refractivity contribution in [3.05, 3.63) is 33.9 Å². The van der Waals surface area contributed by atoms with Crippen LogP contribution in [0, 0.1) is 17.0 Å². The van der Waals surface area contributed by atoms with E-state index in [1.54, 1.807) is 32.9 Å². The summed E-state index contributed by atoms with van der Waals surface area (Å²) in [6.45, 7) is 7.10. The zero-order chi connectivity index (χ0) is 13.2. The average molecular weight is 238 g/mol. The van der Waals surface area contributed by atoms with E-state index >= 15 is 0 Å². The minimum atomic E-state index is -0.626. The third kappa shape index (κ3) is 3.17. The summed E-state index contributed by atoms with van der Waals surface area (Å²) in [6, 6.07) is 4.87. The van der Waals surface area contributed by atoms with Gasteiger partial charge in [0.2, 0.25) is 0 Å². The molecule has 5 heteroatoms. The quantitative estimate of drug-likeness (QED) is 0.624. The summed E-state index contributed by atoms with van der Waals surface area (Å²) in [4.78, 5) is 10.5. The van der Waals surface area contributed by atoms with Crippen molar-refractivity contribution in [1.29, 1.82) is 0 Å². The van der Waals surface area contributed by atoms with Crippen molar-refractivity contribution in [3.63, 3.8) is 0 Å². The van der Waals surface area contributed by atoms with Gasteiger partial charge in [0.15, 0.2) is 0 Å². The Morgan fingerprint density at radius 3 is 2.53 bits per heavy atom. The normalized spacial score (nSPS) is 13.2. The van der Waals surface area contributed by atoms with E-state index < -0.39 is 16.6 Å². The molecular weight excluding hydrogens is 220 g/mol. The van der Waals surface area contributed by atoms with Crippen LogP contribution >= 0.6 is 0 Å². The molecule has 1 atom stereocenters. The molecule has 0 radical (unpaired) electrons. The topological polar surface area (TPSA) is 75.4 Å². The van der Waals surface area contributed by atoms with Crippen LogP contribution in [0.4, 0.5) is 11.4 Å². The lowest BCUT2D eigenvalue weighted by atomic mass is 9.98. The van der Waals surface area contributed by atoms with Crippen molar-refractivity contribution >= 4 is 11.4 Å². The minimum Gasteiger partial charge on any atom is -0.391 e. The fraction of sp³-hybridized carbons (Fsp3) is 0.500. The fourth-order valence-electron chi connectivity index (χ4n) is 1.36. The largest absolute Gasteiger partial charge is 0.391 e. The number of benzene rings is 1. The van der Waals surface area contributed by atoms with Gasteiger partial charge in [0.1, 0.15) is 5.69 Å². The van der Waals surface area contributed by atoms with Gasteiger partial charge in [-0.25, -0.2) is 0 Å². The second-order valence-electron chi connectivity index (χ2n) is 4.80. The number of hydrogen-bond donors (Lipinski definition) is 2. The van der Waals surface area contributed by atoms with E-state index in [2.05, 4.69) is 5.32 Å². The summed E-state index contributed by atoms with van der Waals surface area (Å²) < 4.78 is 0. The first-order valence-corrected chi connectivity index (χ1v) is 5.45. The third-order valence-corrected chi connectivity index (χ3v) is 2.85. The highest BCUT2D eigenvalue weighted by atomic mass is 16.6. The molecule has 0 saturated carbocycles. The summed E-state index contributed by atoms with van der Waals surface area (Å²) >= 11 is 0. The van der Waals surface area contributed by atoms with Crippen LogP contribution in [0.2, 0.25) is 0 Å². The van der Waals surface area contributed by atoms with Crippen LogP contribution in [0.3, 0.4) is 0 Å². The van der Waals surface area contributed by atoms with Gasteiger partial charge in [0, 0.05) is 6.07 Å². The van der Waals surface area contributed by atoms with E-state index in [0.717, 1.165) is 5.56 Å². The van der Waals surface area contributed by atoms with Crippen molar-refractivity contribution in [3.8, 4) is 0 Å². The molecule has 2 N–H and O–H groups in total. The number of anilines is 1. The van der Waals surface area contributed by atoms with Gasteiger partial charge in [-0.2, -0.15) is 0 Å². The molecule has 0 bridgehead atoms. The third-order valence-electron chi connectivity index (χ3n) is 2.85. The summed E-state index contributed by atoms with van der Waals surface area (Å²) in [7, 11) is 0. The Morgan fingerprint density at radius 1 is 1.47 bits per heavy atom. The van der Waals surface area contributed by atoms with Crippen molar-refractivity contribution in [2.75, 3.05) is 5.32 Å². The molecule has 94 valence electrons. The van der Waals surface area contributed by atoms with E-state index in [-0.39, 0.29) is 5.69 Å². The van der Waals surface area contributed by atoms with E-state index in [1.807, 2.05) is 6.92 Å². The van der Waals surface area contributed by atoms with Gasteiger partial charge in [0.25, 0.3) is 5.69 Å². The number of nitrogens with one attached hydrogen (secondary N) is 1. The predicted octanol–water partition coefficient (Wildman–Crippen LogP) is 2.47. The maximum atomic E-state index is 10.9. The predicted molar refractivity (Wildman–Crippen MR) is 67.2 cm³/mol. The van der Waals surface area contributed by atoms with Crippen LogP contribution in [0.25, 0.3) is 0 Å². The second-order valence-corrected chi connectivity index (χ2v) is 4.80. The molecule has 0 aliphatic carbocycles. The highest BCUT2D eigenvalue weighted by molar-refractivity contribution is 5.63. The lowest BCUT2D eigenvalue weighted by Gasteiger charge is -2.30. The van der Waals surface area contributed by atoms with Gasteiger partial charge < -0.3 is 10.4 Å². The molecule has 5 nitrogen and oxygen atoms in total. The number of nitrogens with zero attached hydrogens (tertiary/aromatic N) is 1. The Balaban J connectivity index is 3.13. The van der Waals surface area contributed by atoms with Gasteiger partial charge in [-0.1, -0.05) is 6.07 Å². The van der Waals surface area contributed by atoms with Gasteiger partial charge in [-0.3, -0.25) is 10.1 Å². The Morgan fingerprint density at radius 2 is 2.06 bits per heavy atom. The van der Waals surface area contributed by atoms with Crippen LogP contribution in [0.5, 0.6) is 0 Å². The smallest absolute Gasteiger partial charge is 0.292 e. The number of nitro groups is 1. The summed E-state index contributed by atoms with van der Waals surface area (Å²) in [6.07, 6.45) is -0.623. The van der Waals surface area contributed by atoms with Crippen LogP contribution in [-0.2, 0) is 0 Å². The molecule has 1 rings (SSSR count). The molecular formula is C12H18N2O3. The summed E-state index contributed by atoms with van der Waals surface area (Å²) in [5, 5.41) is 23.5. The summed E-state index contributed by atoms with van der Waals surface area (Å²) in [5.74, 6) is 0. The van der Waals surface area contributed by atoms with E-state index in [9.17, 15) is 15.2 Å². The maximum Gasteiger partial charge on any atom is 0.292 e. The van der Waals surface area contributed by atoms with Crippen molar-refractivity contribution < 1.29 is 10.0 Å². The van der Waals surface area contributed by atoms with Gasteiger partial charge in [-0.15, -0.1) is 0 Å². The maximum absolute atomic E-state index is 10.9. The van der Waals surface area contributed by atoms with E-state index in [4.69, 9.17) is 0 Å². The van der Waals surface area contributed by atoms with Crippen LogP contribution in [0.15, 0.2) is 18.2 Å². The minimum absolute atomic E-state index is 0.0179. The van der Waals surface area contributed by atoms with Crippen LogP contribution in [-0.4, -0.2) is 21.7 Å². The molecule has 0 aliphatic rings. The molecule has 0 aliphatic heterocycles. The molecule has 0 spiro atoms. The Bertz CT molecular complexity index is 428. The first kappa shape index (κ1) is 13.4. The summed E-state index contributed by atoms with van der Waals surface area (Å²) in [5.41, 5.74) is 0.753. The first-order valence-electron chi connectivity index (χ1n) is 5.45. The zero-order valence-electron chi connectivity index (χ0n) is 10.5. The molecule has 1 aromatic rings. The molecule has 0 amide bonds. The molecule has 0 aromatic heterocycles. The molecule has 1 aromatic carbocycles. The molecule has 0 heterocycles. The standard InChI is InChI=1S/C12H18N2O3/c1-8-5-6-11(14(16)17)10(7-8)13-12(3,4)9(2)15/h5-7,9,13,15H,1-4H3. The van der Waals surface area contributed by atoms with E-state index in [0.29, 0.717) is 5.69 Å². The van der Waals surface area contributed by atoms with Crippen LogP contribution in [0.1, 0.15) is 26.3 Å². The van der Waals surface area contributed by atoms with Gasteiger partial charge in [0.05, 0.1) is 16.6 Å². The monoisotopic (exact) mass is 238 g/mol. The van der Waals surface area contributed by atoms with Gasteiger partial charge >= 0.3 is 0 Å². The van der Waals surface area contributed by atoms with Crippen molar-refractivity contribution in [1.82, 2.24) is 0 Å². The second kappa shape index (κ2) is 4.71. The lowest BCUT2D eigenvalue weighted by Crippen LogP contribution is -2.42. The molecule has 0 saturated heterocycles. The highest BCUT2D eigenvalue weighted by Crippen LogP contribution is 2.29. The zero-order valence-corrected chi connectivity index (χ0v) is 10.5. The number of hydrogen-bond acceptors (Lipinski definition) is 4. The average Bonchev–Trinajstić information content (AvgIpc) is 2.15. The van der Waals surface area contributed by atoms with Crippen LogP contribution < -0.4 is 5.32 Å². The number of rotatable bonds is 4. The SMILES string of the molecule is Cc1ccc([N+](=O)[O-])c(NC(C)(C)C(C)O)c1. The van der Waals surface area contributed by atoms with Gasteiger partial charge in [-0.05, 0) is 39.3 Å². The highest BCUT2D eigenvalue weighted by Gasteiger charge is 2.26. The molecule has 17 heavy (non-hydrogen) atoms. The molecule has 1 unspecified atom stereocenters. The molecule has 0 fully saturated rings. The number of aliphatic hydroxyl groups excluding tert-OH is 1. The van der Waals surface area contributed by atoms with Crippen molar-refractivity contribution in [2.45, 2.75) is 39.3 Å². The Hall–Kier alpha value is -1.62. The Labute approximate surface area is 101 Å². The van der Waals surface area contributed by atoms with E-state index in [1.165, 1.54) is 6.07 Å². The lowest BCUT2D eigenvalue weighted by molar-refractivity contribution is -0.384.